The van der Waals surface area contributed by atoms with E-state index in [1.807, 2.05) is 30.3 Å². The van der Waals surface area contributed by atoms with Crippen molar-refractivity contribution in [1.82, 2.24) is 9.97 Å². The van der Waals surface area contributed by atoms with Crippen molar-refractivity contribution in [2.45, 2.75) is 16.9 Å². The third kappa shape index (κ3) is 2.10. The average Bonchev–Trinajstić information content (AvgIpc) is 2.91. The molecule has 5 heteroatoms. The van der Waals surface area contributed by atoms with Crippen LogP contribution in [0.15, 0.2) is 57.5 Å². The standard InChI is InChI=1S/C13H10N2O2S/c16-8-10-7-9-3-1-2-4-11(9)15-12(10)18-13-14-5-6-17-13/h1-7,16H,8H2. The second-order valence-corrected chi connectivity index (χ2v) is 4.64. The summed E-state index contributed by atoms with van der Waals surface area (Å²) in [5.74, 6) is 0. The molecule has 0 amide bonds. The zero-order valence-electron chi connectivity index (χ0n) is 9.41. The predicted octanol–water partition coefficient (Wildman–Crippen LogP) is 2.87. The summed E-state index contributed by atoms with van der Waals surface area (Å²) in [6.45, 7) is -0.0547. The Morgan fingerprint density at radius 2 is 2.17 bits per heavy atom. The number of hydrogen-bond donors (Lipinski definition) is 1. The number of aliphatic hydroxyl groups is 1. The van der Waals surface area contributed by atoms with E-state index in [1.54, 1.807) is 6.20 Å². The number of para-hydroxylation sites is 1. The fourth-order valence-corrected chi connectivity index (χ4v) is 2.47. The van der Waals surface area contributed by atoms with Crippen LogP contribution in [0.2, 0.25) is 0 Å². The van der Waals surface area contributed by atoms with Gasteiger partial charge in [-0.1, -0.05) is 18.2 Å². The predicted molar refractivity (Wildman–Crippen MR) is 68.3 cm³/mol. The largest absolute Gasteiger partial charge is 0.440 e. The molecule has 0 atom stereocenters. The summed E-state index contributed by atoms with van der Waals surface area (Å²) in [5, 5.41) is 11.7. The first-order chi connectivity index (χ1) is 8.86. The van der Waals surface area contributed by atoms with Crippen LogP contribution in [-0.2, 0) is 6.61 Å². The SMILES string of the molecule is OCc1cc2ccccc2nc1Sc1ncco1. The van der Waals surface area contributed by atoms with Crippen molar-refractivity contribution >= 4 is 22.7 Å². The van der Waals surface area contributed by atoms with Gasteiger partial charge < -0.3 is 9.52 Å². The van der Waals surface area contributed by atoms with Gasteiger partial charge in [0.25, 0.3) is 5.22 Å². The zero-order chi connectivity index (χ0) is 12.4. The lowest BCUT2D eigenvalue weighted by Crippen LogP contribution is -1.92. The number of pyridine rings is 1. The maximum atomic E-state index is 9.40. The van der Waals surface area contributed by atoms with Crippen molar-refractivity contribution in [2.75, 3.05) is 0 Å². The molecule has 0 fully saturated rings. The average molecular weight is 258 g/mol. The second kappa shape index (κ2) is 4.80. The molecule has 2 aromatic heterocycles. The summed E-state index contributed by atoms with van der Waals surface area (Å²) in [6, 6.07) is 9.74. The van der Waals surface area contributed by atoms with Crippen LogP contribution in [0, 0.1) is 0 Å². The van der Waals surface area contributed by atoms with Gasteiger partial charge in [0.15, 0.2) is 0 Å². The molecule has 0 saturated carbocycles. The van der Waals surface area contributed by atoms with Crippen LogP contribution in [-0.4, -0.2) is 15.1 Å². The highest BCUT2D eigenvalue weighted by molar-refractivity contribution is 7.99. The number of benzene rings is 1. The molecule has 4 nitrogen and oxygen atoms in total. The van der Waals surface area contributed by atoms with E-state index >= 15 is 0 Å². The van der Waals surface area contributed by atoms with Crippen molar-refractivity contribution in [3.8, 4) is 0 Å². The van der Waals surface area contributed by atoms with Gasteiger partial charge in [0.2, 0.25) is 0 Å². The van der Waals surface area contributed by atoms with Crippen molar-refractivity contribution < 1.29 is 9.52 Å². The van der Waals surface area contributed by atoms with Crippen LogP contribution in [0.1, 0.15) is 5.56 Å². The van der Waals surface area contributed by atoms with Gasteiger partial charge in [-0.3, -0.25) is 0 Å². The van der Waals surface area contributed by atoms with Crippen molar-refractivity contribution in [3.05, 3.63) is 48.4 Å². The Bertz CT molecular complexity index is 668. The summed E-state index contributed by atoms with van der Waals surface area (Å²) in [5.41, 5.74) is 1.67. The van der Waals surface area contributed by atoms with Crippen LogP contribution in [0.25, 0.3) is 10.9 Å². The van der Waals surface area contributed by atoms with Gasteiger partial charge in [-0.15, -0.1) is 0 Å². The Morgan fingerprint density at radius 1 is 1.28 bits per heavy atom. The molecular formula is C13H10N2O2S. The van der Waals surface area contributed by atoms with E-state index in [4.69, 9.17) is 4.42 Å². The van der Waals surface area contributed by atoms with Gasteiger partial charge in [0.1, 0.15) is 11.3 Å². The Kier molecular flexibility index (Phi) is 3.00. The van der Waals surface area contributed by atoms with Gasteiger partial charge in [0.05, 0.1) is 18.3 Å². The molecule has 0 spiro atoms. The third-order valence-corrected chi connectivity index (χ3v) is 3.45. The lowest BCUT2D eigenvalue weighted by atomic mass is 10.2. The fraction of sp³-hybridized carbons (Fsp3) is 0.0769. The highest BCUT2D eigenvalue weighted by atomic mass is 32.2. The summed E-state index contributed by atoms with van der Waals surface area (Å²) in [6.07, 6.45) is 3.10. The van der Waals surface area contributed by atoms with Crippen molar-refractivity contribution in [1.29, 1.82) is 0 Å². The van der Waals surface area contributed by atoms with E-state index in [0.717, 1.165) is 21.5 Å². The molecule has 2 heterocycles. The van der Waals surface area contributed by atoms with Gasteiger partial charge in [0, 0.05) is 10.9 Å². The lowest BCUT2D eigenvalue weighted by Gasteiger charge is -2.06. The van der Waals surface area contributed by atoms with Crippen LogP contribution >= 0.6 is 11.8 Å². The number of nitrogens with zero attached hydrogens (tertiary/aromatic N) is 2. The smallest absolute Gasteiger partial charge is 0.261 e. The minimum absolute atomic E-state index is 0.0547. The van der Waals surface area contributed by atoms with Gasteiger partial charge in [-0.25, -0.2) is 9.97 Å². The molecule has 0 saturated heterocycles. The molecule has 0 aliphatic carbocycles. The Hall–Kier alpha value is -1.85. The van der Waals surface area contributed by atoms with Gasteiger partial charge >= 0.3 is 0 Å². The number of rotatable bonds is 3. The van der Waals surface area contributed by atoms with Crippen molar-refractivity contribution in [2.24, 2.45) is 0 Å². The molecule has 0 radical (unpaired) electrons. The quantitative estimate of drug-likeness (QED) is 0.782. The van der Waals surface area contributed by atoms with E-state index < -0.39 is 0 Å². The van der Waals surface area contributed by atoms with E-state index in [9.17, 15) is 5.11 Å². The maximum absolute atomic E-state index is 9.40. The van der Waals surface area contributed by atoms with E-state index in [-0.39, 0.29) is 6.61 Å². The molecule has 18 heavy (non-hydrogen) atoms. The maximum Gasteiger partial charge on any atom is 0.261 e. The minimum atomic E-state index is -0.0547. The number of aliphatic hydroxyl groups excluding tert-OH is 1. The monoisotopic (exact) mass is 258 g/mol. The lowest BCUT2D eigenvalue weighted by molar-refractivity contribution is 0.278. The van der Waals surface area contributed by atoms with Crippen LogP contribution in [0.4, 0.5) is 0 Å². The normalized spacial score (nSPS) is 10.9. The van der Waals surface area contributed by atoms with Crippen LogP contribution < -0.4 is 0 Å². The highest BCUT2D eigenvalue weighted by Gasteiger charge is 2.10. The Morgan fingerprint density at radius 3 is 2.94 bits per heavy atom. The summed E-state index contributed by atoms with van der Waals surface area (Å²) >= 11 is 1.31. The van der Waals surface area contributed by atoms with E-state index in [2.05, 4.69) is 9.97 Å². The molecule has 1 aromatic carbocycles. The summed E-state index contributed by atoms with van der Waals surface area (Å²) < 4.78 is 5.18. The summed E-state index contributed by atoms with van der Waals surface area (Å²) in [4.78, 5) is 8.57. The van der Waals surface area contributed by atoms with Crippen LogP contribution in [0.3, 0.4) is 0 Å². The molecule has 0 bridgehead atoms. The Balaban J connectivity index is 2.09. The molecule has 3 aromatic rings. The molecule has 1 N–H and O–H groups in total. The minimum Gasteiger partial charge on any atom is -0.440 e. The molecule has 0 aliphatic rings. The molecular weight excluding hydrogens is 248 g/mol. The first kappa shape index (κ1) is 11.3. The van der Waals surface area contributed by atoms with Crippen LogP contribution in [0.5, 0.6) is 0 Å². The van der Waals surface area contributed by atoms with E-state index in [0.29, 0.717) is 5.22 Å². The molecule has 0 aliphatic heterocycles. The first-order valence-corrected chi connectivity index (χ1v) is 6.25. The van der Waals surface area contributed by atoms with Crippen molar-refractivity contribution in [3.63, 3.8) is 0 Å². The molecule has 90 valence electrons. The topological polar surface area (TPSA) is 59.2 Å². The second-order valence-electron chi connectivity index (χ2n) is 3.70. The van der Waals surface area contributed by atoms with Gasteiger partial charge in [-0.05, 0) is 23.9 Å². The number of hydrogen-bond acceptors (Lipinski definition) is 5. The summed E-state index contributed by atoms with van der Waals surface area (Å²) in [7, 11) is 0. The Labute approximate surface area is 108 Å². The zero-order valence-corrected chi connectivity index (χ0v) is 10.2. The first-order valence-electron chi connectivity index (χ1n) is 5.43. The number of fused-ring (bicyclic) bond motifs is 1. The molecule has 0 unspecified atom stereocenters. The highest BCUT2D eigenvalue weighted by Crippen LogP contribution is 2.29. The van der Waals surface area contributed by atoms with Gasteiger partial charge in [-0.2, -0.15) is 0 Å². The number of oxazole rings is 1. The fourth-order valence-electron chi connectivity index (χ4n) is 1.69. The number of aromatic nitrogens is 2. The third-order valence-electron chi connectivity index (χ3n) is 2.53. The van der Waals surface area contributed by atoms with E-state index in [1.165, 1.54) is 18.0 Å². The molecule has 3 rings (SSSR count).